The Morgan fingerprint density at radius 1 is 0.565 bits per heavy atom. The van der Waals surface area contributed by atoms with Gasteiger partial charge in [0, 0.05) is 32.2 Å². The van der Waals surface area contributed by atoms with Crippen LogP contribution >= 0.6 is 0 Å². The smallest absolute Gasteiger partial charge is 0.326 e. The molecule has 0 aliphatic rings. The third kappa shape index (κ3) is 19.7. The molecule has 0 saturated heterocycles. The Morgan fingerprint density at radius 3 is 1.55 bits per heavy atom. The number of benzene rings is 2. The van der Waals surface area contributed by atoms with Crippen molar-refractivity contribution in [3.05, 3.63) is 71.8 Å². The minimum Gasteiger partial charge on any atom is -0.481 e. The molecule has 0 aliphatic carbocycles. The van der Waals surface area contributed by atoms with Gasteiger partial charge in [-0.15, -0.1) is 0 Å². The van der Waals surface area contributed by atoms with E-state index >= 15 is 0 Å². The first-order chi connectivity index (χ1) is 29.4. The van der Waals surface area contributed by atoms with Gasteiger partial charge in [0.25, 0.3) is 0 Å². The number of carboxylic acid groups (broad SMARTS) is 3. The monoisotopic (exact) mass is 870 g/mol. The summed E-state index contributed by atoms with van der Waals surface area (Å²) in [6.45, 7) is -1.69. The average molecular weight is 871 g/mol. The molecule has 338 valence electrons. The van der Waals surface area contributed by atoms with Crippen LogP contribution in [0.2, 0.25) is 0 Å². The molecular weight excluding hydrogens is 816 g/mol. The number of rotatable bonds is 28. The molecule has 23 nitrogen and oxygen atoms in total. The summed E-state index contributed by atoms with van der Waals surface area (Å²) >= 11 is 0. The molecule has 23 heteroatoms. The summed E-state index contributed by atoms with van der Waals surface area (Å²) in [5.41, 5.74) is 17.6. The Hall–Kier alpha value is -7.14. The van der Waals surface area contributed by atoms with Gasteiger partial charge in [0.1, 0.15) is 30.2 Å². The highest BCUT2D eigenvalue weighted by molar-refractivity contribution is 5.96. The second-order valence-corrected chi connectivity index (χ2v) is 13.9. The van der Waals surface area contributed by atoms with Crippen molar-refractivity contribution in [3.8, 4) is 0 Å². The number of nitrogens with two attached hydrogens (primary N) is 3. The van der Waals surface area contributed by atoms with Crippen LogP contribution in [-0.4, -0.2) is 136 Å². The molecule has 6 amide bonds. The van der Waals surface area contributed by atoms with Gasteiger partial charge in [0.2, 0.25) is 35.4 Å². The number of aliphatic hydroxyl groups excluding tert-OH is 1. The number of hydrogen-bond donors (Lipinski definition) is 13. The minimum absolute atomic E-state index is 0.00580. The average Bonchev–Trinajstić information content (AvgIpc) is 3.23. The second kappa shape index (κ2) is 26.9. The standard InChI is InChI=1S/C39H54N10O13/c40-24(13-15-31(52)53)33(56)49-29(21-50)37(60)47-27(18-22-8-3-1-4-9-22)34(57)44-20-30(51)45-25(12-7-17-43-39(41)42)35(58)46-26(14-16-32(54)55)36(59)48-28(38(61)62)19-23-10-5-2-6-11-23/h1-6,8-11,24-29,50H,7,12-21,40H2,(H,44,57)(H,45,51)(H,46,58)(H,47,60)(H,48,59)(H,49,56)(H,52,53)(H,54,55)(H,61,62)(H4,41,42,43)/t24-,25-,26-,27-,28-,29-/m0/s1. The summed E-state index contributed by atoms with van der Waals surface area (Å²) in [6.07, 6.45) is -2.05. The Balaban J connectivity index is 2.24. The topological polar surface area (TPSA) is 397 Å². The second-order valence-electron chi connectivity index (χ2n) is 13.9. The largest absolute Gasteiger partial charge is 0.481 e. The van der Waals surface area contributed by atoms with E-state index in [0.29, 0.717) is 11.1 Å². The number of nitrogens with zero attached hydrogens (tertiary/aromatic N) is 1. The molecule has 2 rings (SSSR count). The summed E-state index contributed by atoms with van der Waals surface area (Å²) < 4.78 is 0. The van der Waals surface area contributed by atoms with E-state index in [9.17, 15) is 58.5 Å². The van der Waals surface area contributed by atoms with E-state index in [-0.39, 0.29) is 44.6 Å². The van der Waals surface area contributed by atoms with Crippen molar-refractivity contribution >= 4 is 59.3 Å². The summed E-state index contributed by atoms with van der Waals surface area (Å²) in [4.78, 5) is 118. The Bertz CT molecular complexity index is 1880. The fraction of sp³-hybridized carbons (Fsp3) is 0.436. The van der Waals surface area contributed by atoms with E-state index < -0.39 is 122 Å². The van der Waals surface area contributed by atoms with Gasteiger partial charge in [-0.05, 0) is 36.8 Å². The van der Waals surface area contributed by atoms with Crippen LogP contribution in [0.1, 0.15) is 49.7 Å². The number of carbonyl (C=O) groups excluding carboxylic acids is 6. The third-order valence-electron chi connectivity index (χ3n) is 8.93. The van der Waals surface area contributed by atoms with Gasteiger partial charge < -0.3 is 69.5 Å². The van der Waals surface area contributed by atoms with Gasteiger partial charge >= 0.3 is 17.9 Å². The number of aliphatic imine (C=N–C) groups is 1. The summed E-state index contributed by atoms with van der Waals surface area (Å²) in [6, 6.07) is 7.90. The van der Waals surface area contributed by atoms with Crippen LogP contribution in [0.5, 0.6) is 0 Å². The Labute approximate surface area is 355 Å². The van der Waals surface area contributed by atoms with Crippen LogP contribution in [0.4, 0.5) is 0 Å². The van der Waals surface area contributed by atoms with Crippen LogP contribution in [-0.2, 0) is 56.0 Å². The van der Waals surface area contributed by atoms with Crippen LogP contribution in [0, 0.1) is 0 Å². The molecule has 2 aromatic rings. The van der Waals surface area contributed by atoms with Gasteiger partial charge in [-0.25, -0.2) is 4.79 Å². The highest BCUT2D eigenvalue weighted by Gasteiger charge is 2.32. The highest BCUT2D eigenvalue weighted by atomic mass is 16.4. The van der Waals surface area contributed by atoms with Crippen molar-refractivity contribution in [1.29, 1.82) is 0 Å². The molecule has 2 aromatic carbocycles. The molecule has 0 radical (unpaired) electrons. The molecule has 0 spiro atoms. The Morgan fingerprint density at radius 2 is 1.03 bits per heavy atom. The van der Waals surface area contributed by atoms with Crippen LogP contribution in [0.15, 0.2) is 65.7 Å². The quantitative estimate of drug-likeness (QED) is 0.0222. The molecule has 0 saturated carbocycles. The summed E-state index contributed by atoms with van der Waals surface area (Å²) in [7, 11) is 0. The van der Waals surface area contributed by atoms with Crippen LogP contribution in [0.3, 0.4) is 0 Å². The number of carbonyl (C=O) groups is 9. The maximum Gasteiger partial charge on any atom is 0.326 e. The molecule has 0 heterocycles. The lowest BCUT2D eigenvalue weighted by molar-refractivity contribution is -0.143. The van der Waals surface area contributed by atoms with E-state index in [1.807, 2.05) is 0 Å². The third-order valence-corrected chi connectivity index (χ3v) is 8.93. The van der Waals surface area contributed by atoms with Crippen LogP contribution in [0.25, 0.3) is 0 Å². The number of guanidine groups is 1. The predicted molar refractivity (Wildman–Crippen MR) is 219 cm³/mol. The van der Waals surface area contributed by atoms with Gasteiger partial charge in [-0.2, -0.15) is 0 Å². The maximum absolute atomic E-state index is 13.7. The zero-order chi connectivity index (χ0) is 46.2. The van der Waals surface area contributed by atoms with Crippen molar-refractivity contribution in [2.45, 2.75) is 87.6 Å². The van der Waals surface area contributed by atoms with Gasteiger partial charge in [-0.1, -0.05) is 60.7 Å². The molecule has 0 unspecified atom stereocenters. The molecule has 6 atom stereocenters. The highest BCUT2D eigenvalue weighted by Crippen LogP contribution is 2.08. The van der Waals surface area contributed by atoms with E-state index in [4.69, 9.17) is 22.3 Å². The number of amides is 6. The van der Waals surface area contributed by atoms with Crippen molar-refractivity contribution in [2.75, 3.05) is 19.7 Å². The predicted octanol–water partition coefficient (Wildman–Crippen LogP) is -3.80. The molecule has 0 aliphatic heterocycles. The lowest BCUT2D eigenvalue weighted by Crippen LogP contribution is -2.58. The van der Waals surface area contributed by atoms with E-state index in [0.717, 1.165) is 0 Å². The van der Waals surface area contributed by atoms with E-state index in [1.165, 1.54) is 0 Å². The molecule has 16 N–H and O–H groups in total. The van der Waals surface area contributed by atoms with Crippen molar-refractivity contribution < 1.29 is 63.6 Å². The van der Waals surface area contributed by atoms with E-state index in [2.05, 4.69) is 36.9 Å². The fourth-order valence-electron chi connectivity index (χ4n) is 5.65. The lowest BCUT2D eigenvalue weighted by atomic mass is 10.0. The zero-order valence-corrected chi connectivity index (χ0v) is 33.7. The zero-order valence-electron chi connectivity index (χ0n) is 33.7. The van der Waals surface area contributed by atoms with E-state index in [1.54, 1.807) is 60.7 Å². The van der Waals surface area contributed by atoms with Gasteiger partial charge in [-0.3, -0.25) is 43.3 Å². The number of hydrogen-bond acceptors (Lipinski definition) is 12. The summed E-state index contributed by atoms with van der Waals surface area (Å²) in [5.74, 6) is -9.91. The number of aliphatic carboxylic acids is 3. The fourth-order valence-corrected chi connectivity index (χ4v) is 5.65. The number of nitrogens with one attached hydrogen (secondary N) is 6. The first-order valence-corrected chi connectivity index (χ1v) is 19.3. The first kappa shape index (κ1) is 51.0. The Kier molecular flexibility index (Phi) is 22.1. The molecule has 0 bridgehead atoms. The van der Waals surface area contributed by atoms with Crippen LogP contribution < -0.4 is 49.1 Å². The van der Waals surface area contributed by atoms with Gasteiger partial charge in [0.15, 0.2) is 5.96 Å². The number of carboxylic acids is 3. The first-order valence-electron chi connectivity index (χ1n) is 19.3. The molecule has 62 heavy (non-hydrogen) atoms. The van der Waals surface area contributed by atoms with Crippen molar-refractivity contribution in [3.63, 3.8) is 0 Å². The molecule has 0 aromatic heterocycles. The minimum atomic E-state index is -1.61. The van der Waals surface area contributed by atoms with Crippen molar-refractivity contribution in [2.24, 2.45) is 22.2 Å². The maximum atomic E-state index is 13.7. The number of aliphatic hydroxyl groups is 1. The van der Waals surface area contributed by atoms with Crippen molar-refractivity contribution in [1.82, 2.24) is 31.9 Å². The summed E-state index contributed by atoms with van der Waals surface area (Å²) in [5, 5.41) is 52.0. The molecule has 0 fully saturated rings. The lowest BCUT2D eigenvalue weighted by Gasteiger charge is -2.25. The SMILES string of the molecule is NC(N)=NCCC[C@H](NC(=O)CNC(=O)[C@H](Cc1ccccc1)NC(=O)[C@H](CO)NC(=O)[C@@H](N)CCC(=O)O)C(=O)N[C@@H](CCC(=O)O)C(=O)N[C@@H](Cc1ccccc1)C(=O)O. The normalized spacial score (nSPS) is 13.6. The van der Waals surface area contributed by atoms with Gasteiger partial charge in [0.05, 0.1) is 19.2 Å². The molecular formula is C39H54N10O13.